The molecule has 0 fully saturated rings. The van der Waals surface area contributed by atoms with E-state index < -0.39 is 6.09 Å². The van der Waals surface area contributed by atoms with Gasteiger partial charge in [-0.15, -0.1) is 0 Å². The second-order valence-corrected chi connectivity index (χ2v) is 4.12. The first-order valence-corrected chi connectivity index (χ1v) is 5.87. The van der Waals surface area contributed by atoms with Crippen molar-refractivity contribution in [1.82, 2.24) is 4.57 Å². The fraction of sp³-hybridized carbons (Fsp3) is 0.143. The van der Waals surface area contributed by atoms with Crippen LogP contribution in [-0.2, 0) is 18.4 Å². The van der Waals surface area contributed by atoms with Gasteiger partial charge in [-0.2, -0.15) is 10.6 Å². The zero-order valence-electron chi connectivity index (χ0n) is 10.7. The summed E-state index contributed by atoms with van der Waals surface area (Å²) in [6, 6.07) is 13.2. The molecule has 0 saturated heterocycles. The molecule has 0 aliphatic carbocycles. The molecule has 2 N–H and O–H groups in total. The third-order valence-electron chi connectivity index (χ3n) is 2.67. The molecule has 0 radical (unpaired) electrons. The molecule has 2 rings (SSSR count). The van der Waals surface area contributed by atoms with Crippen molar-refractivity contribution in [3.05, 3.63) is 59.9 Å². The molecular weight excluding hydrogens is 242 g/mol. The summed E-state index contributed by atoms with van der Waals surface area (Å²) in [5.41, 5.74) is 1.74. The SMILES string of the molecule is Cn1cccc1/C=[N+](\N)C(=O)OCc1ccccc1. The number of aromatic nitrogens is 1. The van der Waals surface area contributed by atoms with Gasteiger partial charge in [-0.1, -0.05) is 30.3 Å². The van der Waals surface area contributed by atoms with Crippen LogP contribution in [0.1, 0.15) is 11.3 Å². The van der Waals surface area contributed by atoms with E-state index in [-0.39, 0.29) is 6.61 Å². The lowest BCUT2D eigenvalue weighted by atomic mass is 10.2. The number of hydrogen-bond acceptors (Lipinski definition) is 3. The van der Waals surface area contributed by atoms with Crippen molar-refractivity contribution < 1.29 is 14.2 Å². The van der Waals surface area contributed by atoms with Gasteiger partial charge in [0.2, 0.25) is 6.21 Å². The second kappa shape index (κ2) is 5.86. The van der Waals surface area contributed by atoms with Gasteiger partial charge < -0.3 is 9.30 Å². The van der Waals surface area contributed by atoms with Crippen LogP contribution in [0.2, 0.25) is 0 Å². The molecular formula is C14H16N3O2+. The summed E-state index contributed by atoms with van der Waals surface area (Å²) in [7, 11) is 1.87. The van der Waals surface area contributed by atoms with Crippen molar-refractivity contribution in [3.8, 4) is 0 Å². The van der Waals surface area contributed by atoms with Crippen LogP contribution in [0.4, 0.5) is 4.79 Å². The van der Waals surface area contributed by atoms with Crippen molar-refractivity contribution >= 4 is 12.3 Å². The molecule has 0 spiro atoms. The van der Waals surface area contributed by atoms with Gasteiger partial charge in [-0.25, -0.2) is 0 Å². The fourth-order valence-corrected chi connectivity index (χ4v) is 1.60. The number of nitrogens with two attached hydrogens (primary N) is 1. The molecule has 0 aliphatic heterocycles. The lowest BCUT2D eigenvalue weighted by Crippen LogP contribution is -2.29. The highest BCUT2D eigenvalue weighted by atomic mass is 16.6. The van der Waals surface area contributed by atoms with Crippen LogP contribution in [-0.4, -0.2) is 21.6 Å². The molecule has 0 unspecified atom stereocenters. The summed E-state index contributed by atoms with van der Waals surface area (Å²) in [4.78, 5) is 11.7. The fourth-order valence-electron chi connectivity index (χ4n) is 1.60. The molecule has 2 aromatic rings. The van der Waals surface area contributed by atoms with E-state index in [4.69, 9.17) is 10.6 Å². The minimum atomic E-state index is -0.593. The first-order chi connectivity index (χ1) is 9.16. The van der Waals surface area contributed by atoms with Crippen LogP contribution in [0, 0.1) is 0 Å². The van der Waals surface area contributed by atoms with E-state index in [1.54, 1.807) is 0 Å². The molecule has 1 aromatic heterocycles. The van der Waals surface area contributed by atoms with Crippen molar-refractivity contribution in [2.45, 2.75) is 6.61 Å². The number of nitrogens with zero attached hydrogens (tertiary/aromatic N) is 2. The summed E-state index contributed by atoms with van der Waals surface area (Å²) < 4.78 is 7.89. The number of amides is 1. The van der Waals surface area contributed by atoms with Crippen LogP contribution in [0.3, 0.4) is 0 Å². The number of ether oxygens (including phenoxy) is 1. The molecule has 5 nitrogen and oxygen atoms in total. The quantitative estimate of drug-likeness (QED) is 0.299. The predicted octanol–water partition coefficient (Wildman–Crippen LogP) is 1.67. The van der Waals surface area contributed by atoms with Crippen molar-refractivity contribution in [1.29, 1.82) is 0 Å². The number of benzene rings is 1. The van der Waals surface area contributed by atoms with Crippen molar-refractivity contribution in [2.24, 2.45) is 12.9 Å². The Morgan fingerprint density at radius 2 is 2.05 bits per heavy atom. The van der Waals surface area contributed by atoms with Gasteiger partial charge in [-0.05, 0) is 22.4 Å². The topological polar surface area (TPSA) is 60.3 Å². The highest BCUT2D eigenvalue weighted by molar-refractivity contribution is 5.77. The number of hydrazone groups is 1. The van der Waals surface area contributed by atoms with Crippen LogP contribution in [0.5, 0.6) is 0 Å². The Kier molecular flexibility index (Phi) is 3.97. The van der Waals surface area contributed by atoms with Gasteiger partial charge >= 0.3 is 6.09 Å². The average molecular weight is 258 g/mol. The molecule has 0 aliphatic rings. The molecule has 19 heavy (non-hydrogen) atoms. The molecule has 0 bridgehead atoms. The summed E-state index contributed by atoms with van der Waals surface area (Å²) in [6.45, 7) is 0.203. The average Bonchev–Trinajstić information content (AvgIpc) is 2.82. The van der Waals surface area contributed by atoms with E-state index in [2.05, 4.69) is 0 Å². The summed E-state index contributed by atoms with van der Waals surface area (Å²) in [5, 5.41) is 0. The molecule has 0 atom stereocenters. The lowest BCUT2D eigenvalue weighted by Gasteiger charge is -2.00. The number of carbonyl (C=O) groups is 1. The van der Waals surface area contributed by atoms with Crippen molar-refractivity contribution in [3.63, 3.8) is 0 Å². The standard InChI is InChI=1S/C14H16N3O2/c1-16-9-5-8-13(16)10-17(15)14(18)19-11-12-6-3-2-4-7-12/h2-10H,11,15H2,1H3/q+1. The van der Waals surface area contributed by atoms with Crippen molar-refractivity contribution in [2.75, 3.05) is 0 Å². The Morgan fingerprint density at radius 1 is 1.32 bits per heavy atom. The largest absolute Gasteiger partial charge is 0.626 e. The predicted molar refractivity (Wildman–Crippen MR) is 71.7 cm³/mol. The Balaban J connectivity index is 1.97. The molecule has 1 heterocycles. The molecule has 1 aromatic carbocycles. The Morgan fingerprint density at radius 3 is 2.68 bits per heavy atom. The lowest BCUT2D eigenvalue weighted by molar-refractivity contribution is -0.453. The Bertz CT molecular complexity index is 588. The third kappa shape index (κ3) is 3.45. The highest BCUT2D eigenvalue weighted by Gasteiger charge is 2.17. The first kappa shape index (κ1) is 12.9. The number of hydrazine groups is 1. The molecule has 98 valence electrons. The first-order valence-electron chi connectivity index (χ1n) is 5.87. The van der Waals surface area contributed by atoms with E-state index in [9.17, 15) is 4.79 Å². The minimum absolute atomic E-state index is 0.203. The van der Waals surface area contributed by atoms with E-state index in [1.807, 2.05) is 60.3 Å². The smallest absolute Gasteiger partial charge is 0.405 e. The Hall–Kier alpha value is -2.56. The maximum Gasteiger partial charge on any atom is 0.626 e. The monoisotopic (exact) mass is 258 g/mol. The van der Waals surface area contributed by atoms with Gasteiger partial charge in [0.25, 0.3) is 0 Å². The maximum absolute atomic E-state index is 11.7. The third-order valence-corrected chi connectivity index (χ3v) is 2.67. The van der Waals surface area contributed by atoms with Gasteiger partial charge in [0.05, 0.1) is 0 Å². The van der Waals surface area contributed by atoms with Crippen LogP contribution in [0.15, 0.2) is 48.7 Å². The van der Waals surface area contributed by atoms with Gasteiger partial charge in [0.15, 0.2) is 0 Å². The normalized spacial score (nSPS) is 11.3. The number of rotatable bonds is 3. The van der Waals surface area contributed by atoms with E-state index >= 15 is 0 Å². The highest BCUT2D eigenvalue weighted by Crippen LogP contribution is 2.01. The Labute approximate surface area is 111 Å². The summed E-state index contributed by atoms with van der Waals surface area (Å²) in [6.07, 6.45) is 2.80. The van der Waals surface area contributed by atoms with Gasteiger partial charge in [0, 0.05) is 13.2 Å². The molecule has 0 saturated carbocycles. The minimum Gasteiger partial charge on any atom is -0.405 e. The second-order valence-electron chi connectivity index (χ2n) is 4.12. The van der Waals surface area contributed by atoms with Gasteiger partial charge in [0.1, 0.15) is 12.3 Å². The van der Waals surface area contributed by atoms with E-state index in [1.165, 1.54) is 6.21 Å². The summed E-state index contributed by atoms with van der Waals surface area (Å²) >= 11 is 0. The maximum atomic E-state index is 11.7. The number of carbonyl (C=O) groups excluding carboxylic acids is 1. The molecule has 1 amide bonds. The zero-order valence-corrected chi connectivity index (χ0v) is 10.7. The number of hydrogen-bond donors (Lipinski definition) is 1. The van der Waals surface area contributed by atoms with Crippen LogP contribution >= 0.6 is 0 Å². The molecule has 5 heteroatoms. The van der Waals surface area contributed by atoms with Gasteiger partial charge in [-0.3, -0.25) is 0 Å². The zero-order chi connectivity index (χ0) is 13.7. The van der Waals surface area contributed by atoms with Crippen LogP contribution < -0.4 is 5.84 Å². The van der Waals surface area contributed by atoms with E-state index in [0.717, 1.165) is 15.9 Å². The summed E-state index contributed by atoms with van der Waals surface area (Å²) in [5.74, 6) is 5.63. The van der Waals surface area contributed by atoms with Crippen LogP contribution in [0.25, 0.3) is 0 Å². The van der Waals surface area contributed by atoms with E-state index in [0.29, 0.717) is 0 Å². The number of aryl methyl sites for hydroxylation is 1.